The van der Waals surface area contributed by atoms with Gasteiger partial charge in [0.1, 0.15) is 22.7 Å². The third-order valence-electron chi connectivity index (χ3n) is 1.82. The van der Waals surface area contributed by atoms with Crippen molar-refractivity contribution in [3.05, 3.63) is 52.5 Å². The maximum atomic E-state index is 5.74. The lowest BCUT2D eigenvalue weighted by molar-refractivity contribution is 0.296. The van der Waals surface area contributed by atoms with E-state index in [1.165, 1.54) is 6.07 Å². The van der Waals surface area contributed by atoms with E-state index in [9.17, 15) is 0 Å². The van der Waals surface area contributed by atoms with Crippen LogP contribution in [0.1, 0.15) is 5.82 Å². The van der Waals surface area contributed by atoms with Gasteiger partial charge in [0.2, 0.25) is 0 Å². The molecule has 0 fully saturated rings. The van der Waals surface area contributed by atoms with Crippen LogP contribution in [-0.4, -0.2) is 9.97 Å². The number of rotatable bonds is 3. The standard InChI is InChI=1S/C11H8Cl2N2O/c12-9-6-10(13)15-11(14-9)7-16-8-4-2-1-3-5-8/h1-6H,7H2. The summed E-state index contributed by atoms with van der Waals surface area (Å²) in [5.74, 6) is 1.21. The highest BCUT2D eigenvalue weighted by Crippen LogP contribution is 2.14. The van der Waals surface area contributed by atoms with Crippen molar-refractivity contribution in [2.75, 3.05) is 0 Å². The van der Waals surface area contributed by atoms with Gasteiger partial charge in [-0.15, -0.1) is 0 Å². The molecule has 0 unspecified atom stereocenters. The third-order valence-corrected chi connectivity index (χ3v) is 2.21. The zero-order valence-electron chi connectivity index (χ0n) is 8.23. The fourth-order valence-corrected chi connectivity index (χ4v) is 1.62. The molecule has 1 aromatic carbocycles. The molecule has 2 aromatic rings. The number of nitrogens with zero attached hydrogens (tertiary/aromatic N) is 2. The highest BCUT2D eigenvalue weighted by atomic mass is 35.5. The number of ether oxygens (including phenoxy) is 1. The van der Waals surface area contributed by atoms with E-state index in [4.69, 9.17) is 27.9 Å². The lowest BCUT2D eigenvalue weighted by atomic mass is 10.3. The fourth-order valence-electron chi connectivity index (χ4n) is 1.16. The van der Waals surface area contributed by atoms with Gasteiger partial charge in [0, 0.05) is 6.07 Å². The molecule has 0 bridgehead atoms. The molecule has 2 rings (SSSR count). The molecule has 3 nitrogen and oxygen atoms in total. The number of halogens is 2. The Labute approximate surface area is 103 Å². The number of aromatic nitrogens is 2. The van der Waals surface area contributed by atoms with Crippen molar-refractivity contribution >= 4 is 23.2 Å². The van der Waals surface area contributed by atoms with Crippen LogP contribution in [0.2, 0.25) is 10.3 Å². The second kappa shape index (κ2) is 5.14. The monoisotopic (exact) mass is 254 g/mol. The molecule has 1 aromatic heterocycles. The predicted octanol–water partition coefficient (Wildman–Crippen LogP) is 3.36. The summed E-state index contributed by atoms with van der Waals surface area (Å²) in [5, 5.41) is 0.623. The van der Waals surface area contributed by atoms with Crippen molar-refractivity contribution in [1.82, 2.24) is 9.97 Å². The molecule has 0 radical (unpaired) electrons. The first-order chi connectivity index (χ1) is 7.74. The Morgan fingerprint density at radius 1 is 1.00 bits per heavy atom. The van der Waals surface area contributed by atoms with Gasteiger partial charge in [0.25, 0.3) is 0 Å². The summed E-state index contributed by atoms with van der Waals surface area (Å²) < 4.78 is 5.46. The van der Waals surface area contributed by atoms with E-state index in [2.05, 4.69) is 9.97 Å². The molecule has 0 saturated carbocycles. The predicted molar refractivity (Wildman–Crippen MR) is 62.8 cm³/mol. The first kappa shape index (κ1) is 11.2. The van der Waals surface area contributed by atoms with Gasteiger partial charge in [0.15, 0.2) is 5.82 Å². The van der Waals surface area contributed by atoms with Crippen LogP contribution in [0.25, 0.3) is 0 Å². The molecular weight excluding hydrogens is 247 g/mol. The van der Waals surface area contributed by atoms with Crippen LogP contribution in [0, 0.1) is 0 Å². The lowest BCUT2D eigenvalue weighted by Gasteiger charge is -2.05. The van der Waals surface area contributed by atoms with Crippen LogP contribution < -0.4 is 4.74 Å². The van der Waals surface area contributed by atoms with Gasteiger partial charge < -0.3 is 4.74 Å². The van der Waals surface area contributed by atoms with Crippen LogP contribution in [0.4, 0.5) is 0 Å². The summed E-state index contributed by atoms with van der Waals surface area (Å²) in [6.45, 7) is 0.240. The zero-order valence-corrected chi connectivity index (χ0v) is 9.74. The summed E-state index contributed by atoms with van der Waals surface area (Å²) >= 11 is 11.5. The summed E-state index contributed by atoms with van der Waals surface area (Å²) in [5.41, 5.74) is 0. The summed E-state index contributed by atoms with van der Waals surface area (Å²) in [6.07, 6.45) is 0. The van der Waals surface area contributed by atoms with Crippen molar-refractivity contribution in [2.24, 2.45) is 0 Å². The Hall–Kier alpha value is -1.32. The van der Waals surface area contributed by atoms with Gasteiger partial charge in [-0.1, -0.05) is 41.4 Å². The molecule has 0 aliphatic carbocycles. The summed E-state index contributed by atoms with van der Waals surface area (Å²) in [4.78, 5) is 7.99. The van der Waals surface area contributed by atoms with Crippen LogP contribution in [-0.2, 0) is 6.61 Å². The second-order valence-corrected chi connectivity index (χ2v) is 3.81. The van der Waals surface area contributed by atoms with E-state index in [1.54, 1.807) is 0 Å². The highest BCUT2D eigenvalue weighted by Gasteiger charge is 2.02. The van der Waals surface area contributed by atoms with Crippen molar-refractivity contribution in [3.63, 3.8) is 0 Å². The Balaban J connectivity index is 2.05. The molecule has 0 saturated heterocycles. The van der Waals surface area contributed by atoms with Crippen molar-refractivity contribution in [1.29, 1.82) is 0 Å². The average Bonchev–Trinajstić information content (AvgIpc) is 2.27. The molecule has 0 amide bonds. The molecule has 1 heterocycles. The molecule has 0 spiro atoms. The first-order valence-corrected chi connectivity index (χ1v) is 5.36. The van der Waals surface area contributed by atoms with Crippen LogP contribution in [0.3, 0.4) is 0 Å². The summed E-state index contributed by atoms with van der Waals surface area (Å²) in [7, 11) is 0. The minimum atomic E-state index is 0.240. The average molecular weight is 255 g/mol. The van der Waals surface area contributed by atoms with E-state index in [0.717, 1.165) is 5.75 Å². The molecule has 0 aliphatic rings. The van der Waals surface area contributed by atoms with Crippen LogP contribution >= 0.6 is 23.2 Å². The number of benzene rings is 1. The van der Waals surface area contributed by atoms with E-state index in [1.807, 2.05) is 30.3 Å². The largest absolute Gasteiger partial charge is 0.486 e. The fraction of sp³-hybridized carbons (Fsp3) is 0.0909. The molecule has 5 heteroatoms. The van der Waals surface area contributed by atoms with E-state index < -0.39 is 0 Å². The molecule has 0 aliphatic heterocycles. The van der Waals surface area contributed by atoms with Gasteiger partial charge >= 0.3 is 0 Å². The quantitative estimate of drug-likeness (QED) is 0.789. The summed E-state index contributed by atoms with van der Waals surface area (Å²) in [6, 6.07) is 10.9. The van der Waals surface area contributed by atoms with Gasteiger partial charge in [-0.25, -0.2) is 9.97 Å². The normalized spacial score (nSPS) is 10.1. The zero-order chi connectivity index (χ0) is 11.4. The number of hydrogen-bond donors (Lipinski definition) is 0. The van der Waals surface area contributed by atoms with Crippen LogP contribution in [0.5, 0.6) is 5.75 Å². The number of hydrogen-bond acceptors (Lipinski definition) is 3. The Morgan fingerprint density at radius 2 is 1.62 bits per heavy atom. The van der Waals surface area contributed by atoms with Crippen LogP contribution in [0.15, 0.2) is 36.4 Å². The minimum absolute atomic E-state index is 0.240. The van der Waals surface area contributed by atoms with Gasteiger partial charge in [0.05, 0.1) is 0 Å². The Morgan fingerprint density at radius 3 is 2.25 bits per heavy atom. The number of para-hydroxylation sites is 1. The smallest absolute Gasteiger partial charge is 0.169 e. The molecule has 16 heavy (non-hydrogen) atoms. The minimum Gasteiger partial charge on any atom is -0.486 e. The van der Waals surface area contributed by atoms with Crippen molar-refractivity contribution < 1.29 is 4.74 Å². The van der Waals surface area contributed by atoms with E-state index >= 15 is 0 Å². The Kier molecular flexibility index (Phi) is 3.59. The second-order valence-electron chi connectivity index (χ2n) is 3.03. The highest BCUT2D eigenvalue weighted by molar-refractivity contribution is 6.33. The van der Waals surface area contributed by atoms with Gasteiger partial charge in [-0.3, -0.25) is 0 Å². The molecule has 82 valence electrons. The van der Waals surface area contributed by atoms with Gasteiger partial charge in [-0.2, -0.15) is 0 Å². The van der Waals surface area contributed by atoms with E-state index in [0.29, 0.717) is 16.1 Å². The maximum Gasteiger partial charge on any atom is 0.169 e. The van der Waals surface area contributed by atoms with Crippen molar-refractivity contribution in [2.45, 2.75) is 6.61 Å². The molecular formula is C11H8Cl2N2O. The van der Waals surface area contributed by atoms with E-state index in [-0.39, 0.29) is 6.61 Å². The molecule has 0 N–H and O–H groups in total. The first-order valence-electron chi connectivity index (χ1n) is 4.61. The maximum absolute atomic E-state index is 5.74. The SMILES string of the molecule is Clc1cc(Cl)nc(COc2ccccc2)n1. The lowest BCUT2D eigenvalue weighted by Crippen LogP contribution is -2.01. The third kappa shape index (κ3) is 3.08. The molecule has 0 atom stereocenters. The Bertz CT molecular complexity index is 456. The van der Waals surface area contributed by atoms with Crippen molar-refractivity contribution in [3.8, 4) is 5.75 Å². The van der Waals surface area contributed by atoms with Gasteiger partial charge in [-0.05, 0) is 12.1 Å². The topological polar surface area (TPSA) is 35.0 Å².